The molecule has 3 rings (SSSR count). The molecule has 6 nitrogen and oxygen atoms in total. The zero-order valence-electron chi connectivity index (χ0n) is 14.0. The van der Waals surface area contributed by atoms with E-state index < -0.39 is 28.5 Å². The molecule has 0 aliphatic heterocycles. The summed E-state index contributed by atoms with van der Waals surface area (Å²) in [7, 11) is 9.75. The fraction of sp³-hybridized carbons (Fsp3) is 0.222. The van der Waals surface area contributed by atoms with Gasteiger partial charge in [-0.05, 0) is 23.1 Å². The van der Waals surface area contributed by atoms with Gasteiger partial charge in [-0.15, -0.1) is 0 Å². The molecule has 0 radical (unpaired) electrons. The average molecular weight is 589 g/mol. The van der Waals surface area contributed by atoms with Crippen molar-refractivity contribution in [3.63, 3.8) is 0 Å². The van der Waals surface area contributed by atoms with Crippen molar-refractivity contribution in [3.8, 4) is 0 Å². The number of ether oxygens (including phenoxy) is 1. The van der Waals surface area contributed by atoms with Crippen LogP contribution in [-0.2, 0) is 26.0 Å². The monoisotopic (exact) mass is 588 g/mol. The third kappa shape index (κ3) is 5.53. The number of nitrogens with one attached hydrogen (secondary N) is 3. The van der Waals surface area contributed by atoms with Crippen molar-refractivity contribution in [2.45, 2.75) is 6.04 Å². The number of ketones is 1. The Bertz CT molecular complexity index is 861. The van der Waals surface area contributed by atoms with Gasteiger partial charge >= 0.3 is 35.3 Å². The Morgan fingerprint density at radius 1 is 1.22 bits per heavy atom. The molecule has 0 bridgehead atoms. The number of esters is 1. The van der Waals surface area contributed by atoms with Crippen LogP contribution in [0, 0.1) is 0 Å². The van der Waals surface area contributed by atoms with E-state index in [2.05, 4.69) is 5.32 Å². The minimum absolute atomic E-state index is 0.0563. The van der Waals surface area contributed by atoms with Gasteiger partial charge in [-0.3, -0.25) is 9.59 Å². The smallest absolute Gasteiger partial charge is 0.286 e. The van der Waals surface area contributed by atoms with Gasteiger partial charge in [0.25, 0.3) is 5.97 Å². The quantitative estimate of drug-likeness (QED) is 0.385. The Hall–Kier alpha value is -1.43. The first-order valence-electron chi connectivity index (χ1n) is 7.90. The summed E-state index contributed by atoms with van der Waals surface area (Å²) in [5, 5.41) is 5.05. The van der Waals surface area contributed by atoms with E-state index in [1.54, 1.807) is 6.08 Å². The molecular weight excluding hydrogens is 572 g/mol. The minimum Gasteiger partial charge on any atom is -0.678 e. The third-order valence-corrected chi connectivity index (χ3v) is 3.89. The number of anilines is 1. The van der Waals surface area contributed by atoms with Crippen LogP contribution in [0.4, 0.5) is 5.69 Å². The van der Waals surface area contributed by atoms with Crippen LogP contribution < -0.4 is 5.32 Å². The molecule has 0 heterocycles. The Morgan fingerprint density at radius 3 is 2.67 bits per heavy atom. The standard InChI is InChI=1S/C18H17N3O3.2ClH.Pt/c19-10-13(20)18(23)24-9-8-21-14-6-4-11-2-1-3-12-5-7-15(22)17(14)16(11)12;;;/h1-7,13,19-21H,8-10H2;2*1H;/q-2;;;+4/p-2. The number of hydrogen-bond acceptors (Lipinski definition) is 4. The fourth-order valence-corrected chi connectivity index (χ4v) is 2.72. The van der Waals surface area contributed by atoms with E-state index in [1.807, 2.05) is 36.4 Å². The van der Waals surface area contributed by atoms with Gasteiger partial charge in [0.1, 0.15) is 6.61 Å². The zero-order chi connectivity index (χ0) is 19.8. The van der Waals surface area contributed by atoms with Gasteiger partial charge in [0.05, 0.1) is 5.56 Å². The van der Waals surface area contributed by atoms with E-state index in [1.165, 1.54) is 0 Å². The summed E-state index contributed by atoms with van der Waals surface area (Å²) in [6.07, 6.45) is 3.37. The Morgan fingerprint density at radius 2 is 1.96 bits per heavy atom. The van der Waals surface area contributed by atoms with E-state index in [4.69, 9.17) is 35.0 Å². The van der Waals surface area contributed by atoms with Crippen molar-refractivity contribution in [2.75, 3.05) is 25.0 Å². The molecule has 146 valence electrons. The second-order valence-corrected chi connectivity index (χ2v) is 8.81. The number of carbonyl (C=O) groups is 2. The van der Waals surface area contributed by atoms with Crippen molar-refractivity contribution in [1.82, 2.24) is 0 Å². The van der Waals surface area contributed by atoms with Gasteiger partial charge < -0.3 is 21.5 Å². The van der Waals surface area contributed by atoms with Crippen LogP contribution in [0.25, 0.3) is 28.3 Å². The SMILES string of the molecule is [Cl][Pt+2][Cl].[NH-]CC([NH-])C(=O)OCCNc1ccc2cccc3c2c1C(=O)C=C3. The molecule has 0 spiro atoms. The van der Waals surface area contributed by atoms with Gasteiger partial charge in [-0.25, -0.2) is 0 Å². The van der Waals surface area contributed by atoms with Crippen LogP contribution in [0.2, 0.25) is 0 Å². The predicted molar refractivity (Wildman–Crippen MR) is 106 cm³/mol. The second-order valence-electron chi connectivity index (χ2n) is 5.53. The van der Waals surface area contributed by atoms with Crippen molar-refractivity contribution in [3.05, 3.63) is 59.0 Å². The maximum Gasteiger partial charge on any atom is 0.286 e. The molecule has 27 heavy (non-hydrogen) atoms. The zero-order valence-corrected chi connectivity index (χ0v) is 17.8. The number of allylic oxidation sites excluding steroid dienone is 1. The summed E-state index contributed by atoms with van der Waals surface area (Å²) in [5.41, 5.74) is 16.6. The van der Waals surface area contributed by atoms with E-state index in [0.29, 0.717) is 17.8 Å². The van der Waals surface area contributed by atoms with Gasteiger partial charge in [-0.1, -0.05) is 36.4 Å². The number of halogens is 2. The molecule has 0 amide bonds. The van der Waals surface area contributed by atoms with E-state index in [9.17, 15) is 9.59 Å². The number of rotatable bonds is 6. The summed E-state index contributed by atoms with van der Waals surface area (Å²) >= 11 is -0.472. The molecule has 0 aromatic heterocycles. The Labute approximate surface area is 173 Å². The van der Waals surface area contributed by atoms with E-state index in [0.717, 1.165) is 16.3 Å². The second kappa shape index (κ2) is 10.8. The molecule has 0 saturated heterocycles. The molecular formula is C18H17Cl2N3O3Pt. The Kier molecular flexibility index (Phi) is 8.74. The van der Waals surface area contributed by atoms with Crippen LogP contribution in [-0.4, -0.2) is 37.5 Å². The maximum atomic E-state index is 12.3. The van der Waals surface area contributed by atoms with Gasteiger partial charge in [-0.2, -0.15) is 6.54 Å². The van der Waals surface area contributed by atoms with Crippen LogP contribution in [0.3, 0.4) is 0 Å². The van der Waals surface area contributed by atoms with Crippen molar-refractivity contribution in [2.24, 2.45) is 0 Å². The molecule has 2 aromatic rings. The molecule has 9 heteroatoms. The molecule has 1 unspecified atom stereocenters. The summed E-state index contributed by atoms with van der Waals surface area (Å²) in [5.74, 6) is -0.757. The van der Waals surface area contributed by atoms with Gasteiger partial charge in [0, 0.05) is 17.6 Å². The maximum absolute atomic E-state index is 12.3. The molecule has 3 N–H and O–H groups in total. The Balaban J connectivity index is 0.000000817. The largest absolute Gasteiger partial charge is 0.678 e. The van der Waals surface area contributed by atoms with E-state index >= 15 is 0 Å². The third-order valence-electron chi connectivity index (χ3n) is 3.89. The summed E-state index contributed by atoms with van der Waals surface area (Å²) in [6, 6.07) is 8.52. The number of benzene rings is 2. The minimum atomic E-state index is -1.17. The summed E-state index contributed by atoms with van der Waals surface area (Å²) in [4.78, 5) is 23.7. The van der Waals surface area contributed by atoms with Crippen LogP contribution in [0.15, 0.2) is 36.4 Å². The molecule has 0 fully saturated rings. The van der Waals surface area contributed by atoms with Crippen molar-refractivity contribution < 1.29 is 30.8 Å². The normalized spacial score (nSPS) is 13.1. The summed E-state index contributed by atoms with van der Waals surface area (Å²) in [6.45, 7) is 0.0934. The molecule has 1 aliphatic rings. The first kappa shape index (κ1) is 21.9. The van der Waals surface area contributed by atoms with Crippen LogP contribution in [0.5, 0.6) is 0 Å². The van der Waals surface area contributed by atoms with Crippen LogP contribution in [0.1, 0.15) is 15.9 Å². The molecule has 1 atom stereocenters. The van der Waals surface area contributed by atoms with Gasteiger partial charge in [0.15, 0.2) is 5.78 Å². The number of carbonyl (C=O) groups excluding carboxylic acids is 2. The van der Waals surface area contributed by atoms with Gasteiger partial charge in [0.2, 0.25) is 0 Å². The molecule has 1 aliphatic carbocycles. The average Bonchev–Trinajstić information content (AvgIpc) is 2.68. The summed E-state index contributed by atoms with van der Waals surface area (Å²) < 4.78 is 4.93. The molecule has 0 saturated carbocycles. The predicted octanol–water partition coefficient (Wildman–Crippen LogP) is 4.85. The fourth-order valence-electron chi connectivity index (χ4n) is 2.72. The number of hydrogen-bond donors (Lipinski definition) is 1. The topological polar surface area (TPSA) is 103 Å². The van der Waals surface area contributed by atoms with Crippen molar-refractivity contribution >= 4 is 53.1 Å². The van der Waals surface area contributed by atoms with Crippen molar-refractivity contribution in [1.29, 1.82) is 0 Å². The first-order valence-corrected chi connectivity index (χ1v) is 13.5. The van der Waals surface area contributed by atoms with E-state index in [-0.39, 0.29) is 18.9 Å². The first-order chi connectivity index (χ1) is 13.0. The van der Waals surface area contributed by atoms with Crippen LogP contribution >= 0.6 is 18.8 Å². The molecule has 2 aromatic carbocycles.